The fourth-order valence-electron chi connectivity index (χ4n) is 2.83. The van der Waals surface area contributed by atoms with E-state index in [0.29, 0.717) is 56.9 Å². The van der Waals surface area contributed by atoms with Gasteiger partial charge in [0, 0.05) is 50.0 Å². The van der Waals surface area contributed by atoms with E-state index in [4.69, 9.17) is 10.5 Å². The molecule has 3 N–H and O–H groups in total. The molecule has 0 unspecified atom stereocenters. The smallest absolute Gasteiger partial charge is 0.253 e. The molecule has 0 radical (unpaired) electrons. The van der Waals surface area contributed by atoms with Gasteiger partial charge in [-0.3, -0.25) is 9.59 Å². The van der Waals surface area contributed by atoms with Crippen molar-refractivity contribution < 1.29 is 14.3 Å². The zero-order chi connectivity index (χ0) is 17.4. The Morgan fingerprint density at radius 3 is 2.54 bits per heavy atom. The third-order valence-corrected chi connectivity index (χ3v) is 4.28. The number of amides is 2. The van der Waals surface area contributed by atoms with Crippen LogP contribution in [0.25, 0.3) is 0 Å². The molecule has 0 aromatic heterocycles. The fraction of sp³-hybridized carbons (Fsp3) is 0.556. The number of piperidine rings is 1. The summed E-state index contributed by atoms with van der Waals surface area (Å²) >= 11 is 0. The number of carbonyl (C=O) groups excluding carboxylic acids is 2. The van der Waals surface area contributed by atoms with Crippen molar-refractivity contribution in [1.82, 2.24) is 10.2 Å². The summed E-state index contributed by atoms with van der Waals surface area (Å²) in [4.78, 5) is 26.4. The summed E-state index contributed by atoms with van der Waals surface area (Å²) < 4.78 is 5.25. The van der Waals surface area contributed by atoms with Crippen molar-refractivity contribution >= 4 is 17.5 Å². The van der Waals surface area contributed by atoms with Crippen molar-refractivity contribution in [2.45, 2.75) is 26.2 Å². The lowest BCUT2D eigenvalue weighted by Crippen LogP contribution is -2.43. The number of hydrogen-bond acceptors (Lipinski definition) is 4. The van der Waals surface area contributed by atoms with Crippen LogP contribution in [0, 0.1) is 5.92 Å². The molecule has 132 valence electrons. The van der Waals surface area contributed by atoms with Gasteiger partial charge in [0.15, 0.2) is 0 Å². The first-order chi connectivity index (χ1) is 11.6. The summed E-state index contributed by atoms with van der Waals surface area (Å²) in [5.41, 5.74) is 6.93. The number of nitrogens with zero attached hydrogens (tertiary/aromatic N) is 1. The number of carbonyl (C=O) groups is 2. The van der Waals surface area contributed by atoms with Gasteiger partial charge >= 0.3 is 0 Å². The Labute approximate surface area is 143 Å². The van der Waals surface area contributed by atoms with Gasteiger partial charge in [0.1, 0.15) is 0 Å². The first-order valence-corrected chi connectivity index (χ1v) is 8.62. The van der Waals surface area contributed by atoms with E-state index in [-0.39, 0.29) is 17.7 Å². The molecule has 2 rings (SSSR count). The summed E-state index contributed by atoms with van der Waals surface area (Å²) in [5.74, 6) is 0.0872. The molecule has 6 nitrogen and oxygen atoms in total. The molecular formula is C18H27N3O3. The van der Waals surface area contributed by atoms with Crippen LogP contribution in [0.1, 0.15) is 36.5 Å². The molecule has 1 aromatic carbocycles. The molecule has 0 saturated carbocycles. The lowest BCUT2D eigenvalue weighted by atomic mass is 9.95. The summed E-state index contributed by atoms with van der Waals surface area (Å²) in [7, 11) is 0. The Balaban J connectivity index is 1.73. The van der Waals surface area contributed by atoms with Crippen molar-refractivity contribution in [2.75, 3.05) is 38.6 Å². The van der Waals surface area contributed by atoms with Crippen LogP contribution < -0.4 is 11.1 Å². The predicted molar refractivity (Wildman–Crippen MR) is 93.6 cm³/mol. The fourth-order valence-corrected chi connectivity index (χ4v) is 2.83. The highest BCUT2D eigenvalue weighted by molar-refractivity contribution is 5.94. The maximum Gasteiger partial charge on any atom is 0.253 e. The van der Waals surface area contributed by atoms with Crippen molar-refractivity contribution in [3.63, 3.8) is 0 Å². The number of hydrogen-bond donors (Lipinski definition) is 2. The van der Waals surface area contributed by atoms with E-state index in [1.165, 1.54) is 0 Å². The number of anilines is 1. The normalized spacial score (nSPS) is 15.3. The van der Waals surface area contributed by atoms with Crippen molar-refractivity contribution in [3.05, 3.63) is 29.8 Å². The van der Waals surface area contributed by atoms with Gasteiger partial charge in [-0.2, -0.15) is 0 Å². The molecule has 1 heterocycles. The van der Waals surface area contributed by atoms with Crippen molar-refractivity contribution in [2.24, 2.45) is 5.92 Å². The van der Waals surface area contributed by atoms with E-state index in [2.05, 4.69) is 5.32 Å². The highest BCUT2D eigenvalue weighted by Crippen LogP contribution is 2.19. The van der Waals surface area contributed by atoms with Crippen molar-refractivity contribution in [1.29, 1.82) is 0 Å². The standard InChI is InChI=1S/C18H27N3O3/c1-2-24-13-3-10-20-17(22)14-8-11-21(12-9-14)18(23)15-4-6-16(19)7-5-15/h4-7,14H,2-3,8-13,19H2,1H3,(H,20,22). The minimum absolute atomic E-state index is 0.00516. The quantitative estimate of drug-likeness (QED) is 0.587. The molecule has 1 saturated heterocycles. The number of nitrogens with one attached hydrogen (secondary N) is 1. The molecule has 6 heteroatoms. The SMILES string of the molecule is CCOCCCNC(=O)C1CCN(C(=O)c2ccc(N)cc2)CC1. The summed E-state index contributed by atoms with van der Waals surface area (Å²) in [6.45, 7) is 5.20. The number of nitrogens with two attached hydrogens (primary N) is 1. The largest absolute Gasteiger partial charge is 0.399 e. The second-order valence-corrected chi connectivity index (χ2v) is 6.03. The molecule has 1 aromatic rings. The zero-order valence-electron chi connectivity index (χ0n) is 14.3. The Bertz CT molecular complexity index is 537. The minimum atomic E-state index is -0.00689. The zero-order valence-corrected chi connectivity index (χ0v) is 14.3. The van der Waals surface area contributed by atoms with E-state index in [1.54, 1.807) is 24.3 Å². The molecule has 0 atom stereocenters. The van der Waals surface area contributed by atoms with Crippen LogP contribution in [0.2, 0.25) is 0 Å². The van der Waals surface area contributed by atoms with E-state index < -0.39 is 0 Å². The van der Waals surface area contributed by atoms with Gasteiger partial charge in [-0.05, 0) is 50.5 Å². The van der Waals surface area contributed by atoms with E-state index in [1.807, 2.05) is 11.8 Å². The second-order valence-electron chi connectivity index (χ2n) is 6.03. The highest BCUT2D eigenvalue weighted by Gasteiger charge is 2.27. The number of rotatable bonds is 7. The van der Waals surface area contributed by atoms with Gasteiger partial charge in [0.05, 0.1) is 0 Å². The number of benzene rings is 1. The first-order valence-electron chi connectivity index (χ1n) is 8.62. The molecule has 0 bridgehead atoms. The third kappa shape index (κ3) is 5.23. The predicted octanol–water partition coefficient (Wildman–Crippen LogP) is 1.66. The van der Waals surface area contributed by atoms with Crippen LogP contribution in [-0.4, -0.2) is 49.6 Å². The molecule has 1 aliphatic heterocycles. The van der Waals surface area contributed by atoms with E-state index >= 15 is 0 Å². The Morgan fingerprint density at radius 2 is 1.92 bits per heavy atom. The number of ether oxygens (including phenoxy) is 1. The lowest BCUT2D eigenvalue weighted by Gasteiger charge is -2.31. The van der Waals surface area contributed by atoms with Crippen LogP contribution in [0.15, 0.2) is 24.3 Å². The maximum atomic E-state index is 12.4. The maximum absolute atomic E-state index is 12.4. The second kappa shape index (κ2) is 9.27. The molecular weight excluding hydrogens is 306 g/mol. The highest BCUT2D eigenvalue weighted by atomic mass is 16.5. The van der Waals surface area contributed by atoms with Crippen LogP contribution in [-0.2, 0) is 9.53 Å². The van der Waals surface area contributed by atoms with Gasteiger partial charge in [-0.25, -0.2) is 0 Å². The van der Waals surface area contributed by atoms with Crippen LogP contribution >= 0.6 is 0 Å². The van der Waals surface area contributed by atoms with Crippen molar-refractivity contribution in [3.8, 4) is 0 Å². The van der Waals surface area contributed by atoms with Crippen LogP contribution in [0.5, 0.6) is 0 Å². The third-order valence-electron chi connectivity index (χ3n) is 4.28. The van der Waals surface area contributed by atoms with Gasteiger partial charge in [0.2, 0.25) is 5.91 Å². The topological polar surface area (TPSA) is 84.7 Å². The van der Waals surface area contributed by atoms with Crippen LogP contribution in [0.3, 0.4) is 0 Å². The average molecular weight is 333 g/mol. The van der Waals surface area contributed by atoms with Gasteiger partial charge in [0.25, 0.3) is 5.91 Å². The number of likely N-dealkylation sites (tertiary alicyclic amines) is 1. The Morgan fingerprint density at radius 1 is 1.25 bits per heavy atom. The monoisotopic (exact) mass is 333 g/mol. The van der Waals surface area contributed by atoms with Crippen LogP contribution in [0.4, 0.5) is 5.69 Å². The lowest BCUT2D eigenvalue weighted by molar-refractivity contribution is -0.126. The molecule has 0 spiro atoms. The summed E-state index contributed by atoms with van der Waals surface area (Å²) in [5, 5.41) is 2.96. The molecule has 24 heavy (non-hydrogen) atoms. The van der Waals surface area contributed by atoms with E-state index in [9.17, 15) is 9.59 Å². The molecule has 0 aliphatic carbocycles. The number of nitrogen functional groups attached to an aromatic ring is 1. The molecule has 1 aliphatic rings. The Kier molecular flexibility index (Phi) is 7.06. The van der Waals surface area contributed by atoms with Gasteiger partial charge < -0.3 is 20.7 Å². The average Bonchev–Trinajstić information content (AvgIpc) is 2.61. The van der Waals surface area contributed by atoms with Gasteiger partial charge in [-0.1, -0.05) is 0 Å². The molecule has 2 amide bonds. The Hall–Kier alpha value is -2.08. The van der Waals surface area contributed by atoms with Gasteiger partial charge in [-0.15, -0.1) is 0 Å². The van der Waals surface area contributed by atoms with E-state index in [0.717, 1.165) is 6.42 Å². The minimum Gasteiger partial charge on any atom is -0.399 e. The summed E-state index contributed by atoms with van der Waals surface area (Å²) in [6, 6.07) is 6.95. The first kappa shape index (κ1) is 18.3. The molecule has 1 fully saturated rings. The summed E-state index contributed by atoms with van der Waals surface area (Å²) in [6.07, 6.45) is 2.24.